The minimum atomic E-state index is -0.826. The van der Waals surface area contributed by atoms with E-state index < -0.39 is 20.8 Å². The van der Waals surface area contributed by atoms with E-state index in [1.54, 1.807) is 24.3 Å². The number of rotatable bonds is 1. The van der Waals surface area contributed by atoms with Gasteiger partial charge in [0.05, 0.1) is 11.4 Å². The molecule has 0 aliphatic carbocycles. The average molecular weight is 350 g/mol. The Morgan fingerprint density at radius 1 is 0.824 bits per heavy atom. The van der Waals surface area contributed by atoms with Crippen molar-refractivity contribution in [3.63, 3.8) is 0 Å². The monoisotopic (exact) mass is 348 g/mol. The Labute approximate surface area is 117 Å². The van der Waals surface area contributed by atoms with E-state index in [9.17, 15) is 0 Å². The third kappa shape index (κ3) is 5.03. The Kier molecular flexibility index (Phi) is 6.49. The molecule has 2 N–H and O–H groups in total. The Hall–Kier alpha value is -0.637. The van der Waals surface area contributed by atoms with Crippen LogP contribution in [-0.2, 0) is 20.8 Å². The van der Waals surface area contributed by atoms with Gasteiger partial charge in [0.15, 0.2) is 0 Å². The van der Waals surface area contributed by atoms with Gasteiger partial charge in [0.25, 0.3) is 0 Å². The van der Waals surface area contributed by atoms with E-state index in [1.807, 2.05) is 0 Å². The molecule has 17 heavy (non-hydrogen) atoms. The zero-order chi connectivity index (χ0) is 12.7. The summed E-state index contributed by atoms with van der Waals surface area (Å²) in [6.07, 6.45) is 0. The number of hydrogen-bond acceptors (Lipinski definition) is 4. The maximum absolute atomic E-state index is 9.14. The molecule has 0 aliphatic heterocycles. The normalized spacial score (nSPS) is 9.06. The van der Waals surface area contributed by atoms with E-state index in [2.05, 4.69) is 9.97 Å². The van der Waals surface area contributed by atoms with Crippen LogP contribution in [0.1, 0.15) is 0 Å². The predicted molar refractivity (Wildman–Crippen MR) is 62.5 cm³/mol. The topological polar surface area (TPSA) is 66.2 Å². The van der Waals surface area contributed by atoms with Gasteiger partial charge in [-0.1, -0.05) is 12.1 Å². The third-order valence-corrected chi connectivity index (χ3v) is 1.73. The Bertz CT molecular complexity index is 442. The number of pyridine rings is 2. The fourth-order valence-corrected chi connectivity index (χ4v) is 1.13. The van der Waals surface area contributed by atoms with Crippen molar-refractivity contribution in [1.82, 2.24) is 9.97 Å². The van der Waals surface area contributed by atoms with E-state index >= 15 is 0 Å². The molecule has 0 atom stereocenters. The van der Waals surface area contributed by atoms with Crippen molar-refractivity contribution >= 4 is 17.0 Å². The van der Waals surface area contributed by atoms with Gasteiger partial charge in [-0.15, -0.1) is 0 Å². The summed E-state index contributed by atoms with van der Waals surface area (Å²) in [6.45, 7) is 0. The second-order valence-corrected chi connectivity index (χ2v) is 6.57. The molecule has 0 unspecified atom stereocenters. The molecule has 88 valence electrons. The van der Waals surface area contributed by atoms with Crippen molar-refractivity contribution < 1.29 is 31.1 Å². The van der Waals surface area contributed by atoms with Crippen molar-refractivity contribution in [2.45, 2.75) is 0 Å². The van der Waals surface area contributed by atoms with Crippen LogP contribution in [0.15, 0.2) is 36.4 Å². The predicted octanol–water partition coefficient (Wildman–Crippen LogP) is 2.93. The van der Waals surface area contributed by atoms with Crippen LogP contribution in [0.3, 0.4) is 0 Å². The summed E-state index contributed by atoms with van der Waals surface area (Å²) in [4.78, 5) is 7.73. The van der Waals surface area contributed by atoms with Crippen molar-refractivity contribution in [2.24, 2.45) is 0 Å². The Balaban J connectivity index is 0.000000437. The van der Waals surface area contributed by atoms with Crippen molar-refractivity contribution in [1.29, 1.82) is 0 Å². The maximum atomic E-state index is 9.14. The first-order valence-electron chi connectivity index (χ1n) is 4.46. The molecule has 2 aromatic heterocycles. The molecule has 0 bridgehead atoms. The molecule has 0 saturated carbocycles. The van der Waals surface area contributed by atoms with E-state index in [0.717, 1.165) is 0 Å². The number of halogens is 2. The summed E-state index contributed by atoms with van der Waals surface area (Å²) in [6, 6.07) is 9.72. The van der Waals surface area contributed by atoms with Crippen LogP contribution >= 0.6 is 17.0 Å². The summed E-state index contributed by atoms with van der Waals surface area (Å²) in [5.41, 5.74) is 1.06. The van der Waals surface area contributed by atoms with Gasteiger partial charge in [0.1, 0.15) is 0 Å². The summed E-state index contributed by atoms with van der Waals surface area (Å²) in [5, 5.41) is 18.3. The first-order valence-corrected chi connectivity index (χ1v) is 10.8. The first kappa shape index (κ1) is 14.4. The zero-order valence-electron chi connectivity index (χ0n) is 8.51. The average Bonchev–Trinajstić information content (AvgIpc) is 2.30. The van der Waals surface area contributed by atoms with Crippen LogP contribution < -0.4 is 0 Å². The van der Waals surface area contributed by atoms with Gasteiger partial charge < -0.3 is 10.2 Å². The number of hydrogen-bond donors (Lipinski definition) is 2. The Morgan fingerprint density at radius 2 is 1.18 bits per heavy atom. The fraction of sp³-hybridized carbons (Fsp3) is 0. The number of aromatic hydroxyl groups is 2. The van der Waals surface area contributed by atoms with Gasteiger partial charge >= 0.3 is 37.9 Å². The standard InChI is InChI=1S/C10H8N2O2.2ClH.Zr/c13-9-5-1-3-7(11-9)8-4-2-6-10(14)12-8;;;/h1-6H,(H,11,13)(H,12,14);2*1H;/q;;;+2/p-2. The molecule has 7 heteroatoms. The molecule has 0 radical (unpaired) electrons. The second-order valence-electron chi connectivity index (χ2n) is 2.83. The summed E-state index contributed by atoms with van der Waals surface area (Å²) in [5.74, 6) is -0.125. The van der Waals surface area contributed by atoms with E-state index in [4.69, 9.17) is 27.2 Å². The third-order valence-electron chi connectivity index (χ3n) is 1.73. The molecule has 0 amide bonds. The SMILES string of the molecule is Oc1cccc(-c2cccc(O)n2)n1.[Cl][Zr][Cl]. The first-order chi connectivity index (χ1) is 8.17. The molecule has 0 aliphatic rings. The van der Waals surface area contributed by atoms with Crippen molar-refractivity contribution in [3.05, 3.63) is 36.4 Å². The number of aromatic nitrogens is 2. The molecule has 2 rings (SSSR count). The van der Waals surface area contributed by atoms with Crippen LogP contribution in [0.2, 0.25) is 0 Å². The van der Waals surface area contributed by atoms with Gasteiger partial charge in [0, 0.05) is 12.1 Å². The summed E-state index contributed by atoms with van der Waals surface area (Å²) < 4.78 is 0. The van der Waals surface area contributed by atoms with Crippen LogP contribution in [0, 0.1) is 0 Å². The van der Waals surface area contributed by atoms with Crippen LogP contribution in [0.25, 0.3) is 11.4 Å². The molecule has 0 saturated heterocycles. The molecular weight excluding hydrogens is 342 g/mol. The molecule has 0 aromatic carbocycles. The number of nitrogens with zero attached hydrogens (tertiary/aromatic N) is 2. The zero-order valence-corrected chi connectivity index (χ0v) is 12.5. The second kappa shape index (κ2) is 7.64. The minimum absolute atomic E-state index is 0.0624. The van der Waals surface area contributed by atoms with Crippen molar-refractivity contribution in [2.75, 3.05) is 0 Å². The molecule has 2 aromatic rings. The van der Waals surface area contributed by atoms with Gasteiger partial charge in [-0.05, 0) is 12.1 Å². The molecule has 4 nitrogen and oxygen atoms in total. The van der Waals surface area contributed by atoms with Gasteiger partial charge in [-0.3, -0.25) is 0 Å². The summed E-state index contributed by atoms with van der Waals surface area (Å²) in [7, 11) is 9.87. The van der Waals surface area contributed by atoms with E-state index in [-0.39, 0.29) is 11.8 Å². The summed E-state index contributed by atoms with van der Waals surface area (Å²) >= 11 is -0.826. The molecule has 2 heterocycles. The molecule has 0 fully saturated rings. The van der Waals surface area contributed by atoms with Crippen LogP contribution in [0.4, 0.5) is 0 Å². The van der Waals surface area contributed by atoms with Gasteiger partial charge in [-0.2, -0.15) is 0 Å². The van der Waals surface area contributed by atoms with Crippen LogP contribution in [0.5, 0.6) is 11.8 Å². The van der Waals surface area contributed by atoms with Gasteiger partial charge in [0.2, 0.25) is 11.8 Å². The van der Waals surface area contributed by atoms with Gasteiger partial charge in [-0.25, -0.2) is 9.97 Å². The van der Waals surface area contributed by atoms with E-state index in [1.165, 1.54) is 12.1 Å². The Morgan fingerprint density at radius 3 is 1.47 bits per heavy atom. The van der Waals surface area contributed by atoms with Crippen molar-refractivity contribution in [3.8, 4) is 23.1 Å². The molecular formula is C10H8Cl2N2O2Zr. The van der Waals surface area contributed by atoms with Crippen LogP contribution in [-0.4, -0.2) is 20.2 Å². The fourth-order valence-electron chi connectivity index (χ4n) is 1.13. The quantitative estimate of drug-likeness (QED) is 0.830. The molecule has 0 spiro atoms. The van der Waals surface area contributed by atoms with E-state index in [0.29, 0.717) is 11.4 Å².